The first-order valence-corrected chi connectivity index (χ1v) is 3.78. The Kier molecular flexibility index (Phi) is 3.56. The minimum absolute atomic E-state index is 0.507. The summed E-state index contributed by atoms with van der Waals surface area (Å²) in [6.07, 6.45) is -6.41. The zero-order valence-electron chi connectivity index (χ0n) is 6.78. The van der Waals surface area contributed by atoms with Crippen LogP contribution in [0.4, 0.5) is 0 Å². The first kappa shape index (κ1) is 10.8. The van der Waals surface area contributed by atoms with Gasteiger partial charge < -0.3 is 25.2 Å². The molecule has 0 aromatic carbocycles. The monoisotopic (exact) mass is 195 g/mol. The summed E-state index contributed by atoms with van der Waals surface area (Å²) < 4.78 is 4.71. The average molecular weight is 195 g/mol. The molecule has 6 N–H and O–H groups in total. The van der Waals surface area contributed by atoms with Crippen LogP contribution in [0, 0.1) is 0 Å². The van der Waals surface area contributed by atoms with E-state index in [1.165, 1.54) is 0 Å². The first-order valence-electron chi connectivity index (χ1n) is 3.78. The van der Waals surface area contributed by atoms with Crippen LogP contribution in [0.1, 0.15) is 0 Å². The van der Waals surface area contributed by atoms with Gasteiger partial charge in [-0.05, 0) is 0 Å². The molecular weight excluding hydrogens is 182 g/mol. The molecule has 0 saturated carbocycles. The van der Waals surface area contributed by atoms with Crippen molar-refractivity contribution in [2.24, 2.45) is 5.90 Å². The van der Waals surface area contributed by atoms with Crippen LogP contribution in [0.25, 0.3) is 0 Å². The van der Waals surface area contributed by atoms with E-state index in [1.807, 2.05) is 0 Å². The molecule has 1 heterocycles. The highest BCUT2D eigenvalue weighted by Gasteiger charge is 2.44. The molecule has 7 heteroatoms. The molecule has 0 aliphatic carbocycles. The van der Waals surface area contributed by atoms with Gasteiger partial charge in [0.05, 0.1) is 6.61 Å². The summed E-state index contributed by atoms with van der Waals surface area (Å²) in [5.41, 5.74) is 0. The van der Waals surface area contributed by atoms with E-state index in [-0.39, 0.29) is 0 Å². The summed E-state index contributed by atoms with van der Waals surface area (Å²) in [7, 11) is 0. The second kappa shape index (κ2) is 4.29. The Balaban J connectivity index is 2.66. The van der Waals surface area contributed by atoms with Gasteiger partial charge in [0, 0.05) is 0 Å². The maximum atomic E-state index is 9.30. The molecule has 5 unspecified atom stereocenters. The molecule has 13 heavy (non-hydrogen) atoms. The zero-order chi connectivity index (χ0) is 10.0. The lowest BCUT2D eigenvalue weighted by atomic mass is 9.99. The summed E-state index contributed by atoms with van der Waals surface area (Å²) in [4.78, 5) is 4.21. The van der Waals surface area contributed by atoms with E-state index >= 15 is 0 Å². The van der Waals surface area contributed by atoms with Gasteiger partial charge in [-0.3, -0.25) is 4.84 Å². The van der Waals surface area contributed by atoms with Gasteiger partial charge in [-0.15, -0.1) is 0 Å². The highest BCUT2D eigenvalue weighted by molar-refractivity contribution is 4.88. The molecule has 1 fully saturated rings. The fourth-order valence-electron chi connectivity index (χ4n) is 1.22. The van der Waals surface area contributed by atoms with Gasteiger partial charge in [0.15, 0.2) is 12.4 Å². The van der Waals surface area contributed by atoms with Crippen LogP contribution in [0.3, 0.4) is 0 Å². The van der Waals surface area contributed by atoms with Gasteiger partial charge in [-0.2, -0.15) is 0 Å². The van der Waals surface area contributed by atoms with E-state index in [9.17, 15) is 10.2 Å². The third-order valence-electron chi connectivity index (χ3n) is 2.00. The van der Waals surface area contributed by atoms with Crippen molar-refractivity contribution in [1.82, 2.24) is 0 Å². The van der Waals surface area contributed by atoms with Crippen LogP contribution in [0.5, 0.6) is 0 Å². The molecule has 0 spiro atoms. The third-order valence-corrected chi connectivity index (χ3v) is 2.00. The van der Waals surface area contributed by atoms with Crippen molar-refractivity contribution in [1.29, 1.82) is 0 Å². The molecule has 78 valence electrons. The number of hydrogen-bond acceptors (Lipinski definition) is 7. The Morgan fingerprint density at radius 1 is 1.23 bits per heavy atom. The molecule has 0 amide bonds. The Morgan fingerprint density at radius 3 is 2.31 bits per heavy atom. The minimum Gasteiger partial charge on any atom is -0.394 e. The highest BCUT2D eigenvalue weighted by atomic mass is 16.7. The van der Waals surface area contributed by atoms with Crippen molar-refractivity contribution in [3.63, 3.8) is 0 Å². The van der Waals surface area contributed by atoms with Crippen LogP contribution >= 0.6 is 0 Å². The number of rotatable bonds is 2. The van der Waals surface area contributed by atoms with Crippen LogP contribution in [-0.2, 0) is 9.57 Å². The van der Waals surface area contributed by atoms with E-state index in [0.717, 1.165) is 0 Å². The predicted octanol–water partition coefficient (Wildman–Crippen LogP) is -3.32. The number of ether oxygens (including phenoxy) is 1. The van der Waals surface area contributed by atoms with E-state index in [2.05, 4.69) is 4.84 Å². The first-order chi connectivity index (χ1) is 6.11. The number of aliphatic hydroxyl groups excluding tert-OH is 4. The fraction of sp³-hybridized carbons (Fsp3) is 1.00. The van der Waals surface area contributed by atoms with E-state index in [1.54, 1.807) is 0 Å². The fourth-order valence-corrected chi connectivity index (χ4v) is 1.22. The van der Waals surface area contributed by atoms with Gasteiger partial charge in [-0.25, -0.2) is 5.90 Å². The molecule has 0 aromatic rings. The second-order valence-electron chi connectivity index (χ2n) is 2.83. The summed E-state index contributed by atoms with van der Waals surface area (Å²) in [5, 5.41) is 36.4. The average Bonchev–Trinajstić information content (AvgIpc) is 2.12. The zero-order valence-corrected chi connectivity index (χ0v) is 6.78. The van der Waals surface area contributed by atoms with E-state index < -0.39 is 37.3 Å². The van der Waals surface area contributed by atoms with Crippen molar-refractivity contribution in [3.05, 3.63) is 0 Å². The normalized spacial score (nSPS) is 46.4. The molecule has 7 nitrogen and oxygen atoms in total. The van der Waals surface area contributed by atoms with Crippen LogP contribution in [0.15, 0.2) is 0 Å². The van der Waals surface area contributed by atoms with Crippen molar-refractivity contribution in [3.8, 4) is 0 Å². The third kappa shape index (κ3) is 1.97. The standard InChI is InChI=1S/C6H13NO6/c7-13-5-4(10)3(9)2(1-8)12-6(5)11/h2-6,8-11H,1,7H2. The molecule has 1 rings (SSSR count). The Hall–Kier alpha value is -0.280. The van der Waals surface area contributed by atoms with Crippen LogP contribution in [-0.4, -0.2) is 57.7 Å². The van der Waals surface area contributed by atoms with Crippen LogP contribution < -0.4 is 5.90 Å². The van der Waals surface area contributed by atoms with E-state index in [0.29, 0.717) is 0 Å². The highest BCUT2D eigenvalue weighted by Crippen LogP contribution is 2.20. The van der Waals surface area contributed by atoms with Crippen molar-refractivity contribution in [2.75, 3.05) is 6.61 Å². The largest absolute Gasteiger partial charge is 0.394 e. The summed E-state index contributed by atoms with van der Waals surface area (Å²) >= 11 is 0. The lowest BCUT2D eigenvalue weighted by Crippen LogP contribution is -2.59. The Labute approximate surface area is 74.3 Å². The number of nitrogens with two attached hydrogens (primary N) is 1. The molecule has 1 aliphatic rings. The maximum absolute atomic E-state index is 9.30. The van der Waals surface area contributed by atoms with Crippen molar-refractivity contribution >= 4 is 0 Å². The molecule has 5 atom stereocenters. The van der Waals surface area contributed by atoms with Crippen LogP contribution in [0.2, 0.25) is 0 Å². The topological polar surface area (TPSA) is 125 Å². The van der Waals surface area contributed by atoms with Gasteiger partial charge in [0.25, 0.3) is 0 Å². The quantitative estimate of drug-likeness (QED) is 0.292. The van der Waals surface area contributed by atoms with Crippen molar-refractivity contribution < 1.29 is 30.0 Å². The van der Waals surface area contributed by atoms with Gasteiger partial charge in [-0.1, -0.05) is 0 Å². The number of aliphatic hydroxyl groups is 4. The lowest BCUT2D eigenvalue weighted by molar-refractivity contribution is -0.297. The summed E-state index contributed by atoms with van der Waals surface area (Å²) in [6.45, 7) is -0.507. The Bertz CT molecular complexity index is 167. The molecule has 0 aromatic heterocycles. The van der Waals surface area contributed by atoms with E-state index in [4.69, 9.17) is 20.8 Å². The summed E-state index contributed by atoms with van der Waals surface area (Å²) in [6, 6.07) is 0. The predicted molar refractivity (Wildman–Crippen MR) is 39.0 cm³/mol. The van der Waals surface area contributed by atoms with Gasteiger partial charge in [0.2, 0.25) is 0 Å². The Morgan fingerprint density at radius 2 is 1.85 bits per heavy atom. The molecule has 0 bridgehead atoms. The number of hydrogen-bond donors (Lipinski definition) is 5. The van der Waals surface area contributed by atoms with Gasteiger partial charge in [0.1, 0.15) is 18.3 Å². The SMILES string of the molecule is NOC1C(O)OC(CO)C(O)C1O. The molecule has 1 aliphatic heterocycles. The maximum Gasteiger partial charge on any atom is 0.186 e. The van der Waals surface area contributed by atoms with Crippen molar-refractivity contribution in [2.45, 2.75) is 30.7 Å². The molecule has 0 radical (unpaired) electrons. The molecule has 1 saturated heterocycles. The minimum atomic E-state index is -1.46. The lowest BCUT2D eigenvalue weighted by Gasteiger charge is -2.38. The van der Waals surface area contributed by atoms with Gasteiger partial charge >= 0.3 is 0 Å². The summed E-state index contributed by atoms with van der Waals surface area (Å²) in [5.74, 6) is 4.76. The second-order valence-corrected chi connectivity index (χ2v) is 2.83. The molecular formula is C6H13NO6. The smallest absolute Gasteiger partial charge is 0.186 e.